The summed E-state index contributed by atoms with van der Waals surface area (Å²) in [4.78, 5) is 2.08. The first kappa shape index (κ1) is 11.9. The van der Waals surface area contributed by atoms with E-state index in [1.165, 1.54) is 11.3 Å². The van der Waals surface area contributed by atoms with Crippen molar-refractivity contribution < 1.29 is 0 Å². The topological polar surface area (TPSA) is 64.8 Å². The molecule has 0 radical (unpaired) electrons. The van der Waals surface area contributed by atoms with Crippen LogP contribution >= 0.6 is 11.3 Å². The van der Waals surface area contributed by atoms with E-state index in [0.717, 1.165) is 23.2 Å². The van der Waals surface area contributed by atoms with Gasteiger partial charge in [-0.3, -0.25) is 4.90 Å². The van der Waals surface area contributed by atoms with Gasteiger partial charge in [0.2, 0.25) is 5.13 Å². The molecule has 15 heavy (non-hydrogen) atoms. The average Bonchev–Trinajstić information content (AvgIpc) is 2.65. The van der Waals surface area contributed by atoms with Crippen LogP contribution in [0, 0.1) is 17.2 Å². The molecule has 1 unspecified atom stereocenters. The lowest BCUT2D eigenvalue weighted by atomic mass is 10.2. The summed E-state index contributed by atoms with van der Waals surface area (Å²) in [5.41, 5.74) is 0. The van der Waals surface area contributed by atoms with Crippen LogP contribution < -0.4 is 5.32 Å². The van der Waals surface area contributed by atoms with Crippen LogP contribution in [0.3, 0.4) is 0 Å². The van der Waals surface area contributed by atoms with Crippen molar-refractivity contribution in [2.75, 3.05) is 26.0 Å². The Labute approximate surface area is 93.7 Å². The Morgan fingerprint density at radius 3 is 2.87 bits per heavy atom. The van der Waals surface area contributed by atoms with Crippen molar-refractivity contribution in [3.8, 4) is 6.07 Å². The van der Waals surface area contributed by atoms with Crippen molar-refractivity contribution in [3.05, 3.63) is 5.01 Å². The van der Waals surface area contributed by atoms with E-state index in [-0.39, 0.29) is 5.92 Å². The number of nitrogens with one attached hydrogen (secondary N) is 1. The van der Waals surface area contributed by atoms with Crippen LogP contribution in [-0.4, -0.2) is 35.7 Å². The monoisotopic (exact) mass is 225 g/mol. The molecule has 0 aliphatic rings. The highest BCUT2D eigenvalue weighted by atomic mass is 32.1. The summed E-state index contributed by atoms with van der Waals surface area (Å²) in [7, 11) is 3.81. The lowest BCUT2D eigenvalue weighted by Crippen LogP contribution is -2.23. The highest BCUT2D eigenvalue weighted by Crippen LogP contribution is 2.15. The molecule has 0 saturated carbocycles. The highest BCUT2D eigenvalue weighted by Gasteiger charge is 2.09. The van der Waals surface area contributed by atoms with Crippen LogP contribution in [0.15, 0.2) is 0 Å². The maximum absolute atomic E-state index is 8.68. The lowest BCUT2D eigenvalue weighted by Gasteiger charge is -2.15. The van der Waals surface area contributed by atoms with Gasteiger partial charge in [0.25, 0.3) is 0 Å². The van der Waals surface area contributed by atoms with Crippen molar-refractivity contribution in [3.63, 3.8) is 0 Å². The van der Waals surface area contributed by atoms with E-state index in [1.807, 2.05) is 21.0 Å². The van der Waals surface area contributed by atoms with Crippen LogP contribution in [0.25, 0.3) is 0 Å². The van der Waals surface area contributed by atoms with Gasteiger partial charge in [-0.2, -0.15) is 5.26 Å². The molecule has 0 bridgehead atoms. The summed E-state index contributed by atoms with van der Waals surface area (Å²) in [6, 6.07) is 2.21. The van der Waals surface area contributed by atoms with E-state index in [0.29, 0.717) is 0 Å². The van der Waals surface area contributed by atoms with E-state index in [4.69, 9.17) is 5.26 Å². The summed E-state index contributed by atoms with van der Waals surface area (Å²) in [6.45, 7) is 3.41. The molecule has 0 aromatic carbocycles. The number of aromatic nitrogens is 2. The first-order valence-corrected chi connectivity index (χ1v) is 5.55. The third kappa shape index (κ3) is 3.81. The van der Waals surface area contributed by atoms with Gasteiger partial charge in [0.05, 0.1) is 18.5 Å². The van der Waals surface area contributed by atoms with Gasteiger partial charge in [0.1, 0.15) is 5.01 Å². The van der Waals surface area contributed by atoms with E-state index in [1.54, 1.807) is 0 Å². The van der Waals surface area contributed by atoms with Gasteiger partial charge in [-0.15, -0.1) is 10.2 Å². The van der Waals surface area contributed by atoms with Gasteiger partial charge in [0.15, 0.2) is 0 Å². The lowest BCUT2D eigenvalue weighted by molar-refractivity contribution is 0.302. The predicted molar refractivity (Wildman–Crippen MR) is 60.6 cm³/mol. The molecule has 1 aromatic rings. The number of nitrogens with zero attached hydrogens (tertiary/aromatic N) is 4. The summed E-state index contributed by atoms with van der Waals surface area (Å²) < 4.78 is 0. The Hall–Kier alpha value is -1.19. The van der Waals surface area contributed by atoms with Crippen molar-refractivity contribution in [1.82, 2.24) is 15.1 Å². The fraction of sp³-hybridized carbons (Fsp3) is 0.667. The first-order valence-electron chi connectivity index (χ1n) is 4.74. The standard InChI is InChI=1S/C9H15N5S/c1-7(4-10)5-14(3)6-8-12-13-9(11-2)15-8/h7H,5-6H2,1-3H3,(H,11,13). The molecule has 6 heteroatoms. The van der Waals surface area contributed by atoms with Crippen molar-refractivity contribution in [2.45, 2.75) is 13.5 Å². The second kappa shape index (κ2) is 5.63. The second-order valence-electron chi connectivity index (χ2n) is 3.48. The summed E-state index contributed by atoms with van der Waals surface area (Å²) in [5.74, 6) is 0.0479. The van der Waals surface area contributed by atoms with Crippen LogP contribution in [0.1, 0.15) is 11.9 Å². The molecule has 0 spiro atoms. The zero-order valence-electron chi connectivity index (χ0n) is 9.19. The minimum Gasteiger partial charge on any atom is -0.363 e. The Kier molecular flexibility index (Phi) is 4.46. The van der Waals surface area contributed by atoms with Crippen molar-refractivity contribution in [1.29, 1.82) is 5.26 Å². The molecule has 1 rings (SSSR count). The number of rotatable bonds is 5. The molecule has 82 valence electrons. The number of hydrogen-bond acceptors (Lipinski definition) is 6. The third-order valence-electron chi connectivity index (χ3n) is 1.89. The normalized spacial score (nSPS) is 12.5. The SMILES string of the molecule is CNc1nnc(CN(C)CC(C)C#N)s1. The maximum atomic E-state index is 8.68. The molecule has 0 fully saturated rings. The number of nitriles is 1. The minimum atomic E-state index is 0.0479. The summed E-state index contributed by atoms with van der Waals surface area (Å²) in [6.07, 6.45) is 0. The molecule has 0 saturated heterocycles. The largest absolute Gasteiger partial charge is 0.363 e. The molecule has 1 N–H and O–H groups in total. The van der Waals surface area contributed by atoms with Gasteiger partial charge in [-0.25, -0.2) is 0 Å². The van der Waals surface area contributed by atoms with Gasteiger partial charge in [-0.1, -0.05) is 11.3 Å². The minimum absolute atomic E-state index is 0.0479. The third-order valence-corrected chi connectivity index (χ3v) is 2.82. The van der Waals surface area contributed by atoms with Crippen LogP contribution in [0.2, 0.25) is 0 Å². The van der Waals surface area contributed by atoms with E-state index >= 15 is 0 Å². The summed E-state index contributed by atoms with van der Waals surface area (Å²) in [5, 5.41) is 21.4. The Bertz CT molecular complexity index is 343. The molecule has 1 atom stereocenters. The zero-order valence-corrected chi connectivity index (χ0v) is 10.0. The van der Waals surface area contributed by atoms with E-state index < -0.39 is 0 Å². The maximum Gasteiger partial charge on any atom is 0.205 e. The molecular weight excluding hydrogens is 210 g/mol. The quantitative estimate of drug-likeness (QED) is 0.815. The molecular formula is C9H15N5S. The second-order valence-corrected chi connectivity index (χ2v) is 4.54. The van der Waals surface area contributed by atoms with Gasteiger partial charge < -0.3 is 5.32 Å². The van der Waals surface area contributed by atoms with Gasteiger partial charge >= 0.3 is 0 Å². The molecule has 0 aliphatic carbocycles. The van der Waals surface area contributed by atoms with Crippen molar-refractivity contribution >= 4 is 16.5 Å². The first-order chi connectivity index (χ1) is 7.15. The van der Waals surface area contributed by atoms with E-state index in [9.17, 15) is 0 Å². The molecule has 0 aliphatic heterocycles. The molecule has 5 nitrogen and oxygen atoms in total. The van der Waals surface area contributed by atoms with Crippen LogP contribution in [-0.2, 0) is 6.54 Å². The Morgan fingerprint density at radius 2 is 2.33 bits per heavy atom. The number of hydrogen-bond donors (Lipinski definition) is 1. The van der Waals surface area contributed by atoms with Crippen LogP contribution in [0.4, 0.5) is 5.13 Å². The highest BCUT2D eigenvalue weighted by molar-refractivity contribution is 7.15. The molecule has 1 aromatic heterocycles. The average molecular weight is 225 g/mol. The van der Waals surface area contributed by atoms with Crippen molar-refractivity contribution in [2.24, 2.45) is 5.92 Å². The fourth-order valence-electron chi connectivity index (χ4n) is 1.22. The Morgan fingerprint density at radius 1 is 1.60 bits per heavy atom. The Balaban J connectivity index is 2.44. The van der Waals surface area contributed by atoms with Crippen LogP contribution in [0.5, 0.6) is 0 Å². The fourth-order valence-corrected chi connectivity index (χ4v) is 2.00. The molecule has 0 amide bonds. The molecule has 1 heterocycles. The zero-order chi connectivity index (χ0) is 11.3. The van der Waals surface area contributed by atoms with Gasteiger partial charge in [0, 0.05) is 13.6 Å². The smallest absolute Gasteiger partial charge is 0.205 e. The van der Waals surface area contributed by atoms with Gasteiger partial charge in [-0.05, 0) is 14.0 Å². The summed E-state index contributed by atoms with van der Waals surface area (Å²) >= 11 is 1.54. The van der Waals surface area contributed by atoms with E-state index in [2.05, 4.69) is 26.5 Å². The predicted octanol–water partition coefficient (Wildman–Crippen LogP) is 1.17. The number of anilines is 1.